The van der Waals surface area contributed by atoms with Crippen LogP contribution in [0.5, 0.6) is 0 Å². The van der Waals surface area contributed by atoms with Crippen molar-refractivity contribution in [2.45, 2.75) is 25.3 Å². The third-order valence-electron chi connectivity index (χ3n) is 5.39. The highest BCUT2D eigenvalue weighted by Crippen LogP contribution is 2.19. The van der Waals surface area contributed by atoms with Crippen molar-refractivity contribution in [2.24, 2.45) is 0 Å². The fourth-order valence-corrected chi connectivity index (χ4v) is 4.60. The zero-order valence-electron chi connectivity index (χ0n) is 18.6. The summed E-state index contributed by atoms with van der Waals surface area (Å²) in [4.78, 5) is 12.7. The summed E-state index contributed by atoms with van der Waals surface area (Å²) in [7, 11) is -3.87. The van der Waals surface area contributed by atoms with Gasteiger partial charge in [0, 0.05) is 29.1 Å². The third-order valence-corrected chi connectivity index (χ3v) is 6.79. The summed E-state index contributed by atoms with van der Waals surface area (Å²) in [5, 5.41) is 7.45. The quantitative estimate of drug-likeness (QED) is 0.413. The summed E-state index contributed by atoms with van der Waals surface area (Å²) in [6, 6.07) is 20.3. The molecular formula is C25H23FN4O3S. The minimum atomic E-state index is -3.87. The Balaban J connectivity index is 1.44. The normalized spacial score (nSPS) is 11.3. The number of nitrogens with one attached hydrogen (secondary N) is 2. The molecule has 7 nitrogen and oxygen atoms in total. The van der Waals surface area contributed by atoms with Gasteiger partial charge >= 0.3 is 0 Å². The number of aryl methyl sites for hydroxylation is 1. The topological polar surface area (TPSA) is 93.1 Å². The Kier molecular flexibility index (Phi) is 6.47. The molecule has 1 heterocycles. The highest BCUT2D eigenvalue weighted by Gasteiger charge is 2.17. The Hall–Kier alpha value is -3.98. The molecule has 3 aromatic carbocycles. The van der Waals surface area contributed by atoms with Crippen LogP contribution in [0, 0.1) is 19.7 Å². The van der Waals surface area contributed by atoms with Crippen molar-refractivity contribution in [3.8, 4) is 5.69 Å². The first-order chi connectivity index (χ1) is 16.2. The van der Waals surface area contributed by atoms with Gasteiger partial charge in [0.25, 0.3) is 15.9 Å². The number of hydrogen-bond donors (Lipinski definition) is 2. The molecule has 0 aliphatic carbocycles. The molecule has 1 amide bonds. The Morgan fingerprint density at radius 2 is 1.59 bits per heavy atom. The predicted molar refractivity (Wildman–Crippen MR) is 128 cm³/mol. The van der Waals surface area contributed by atoms with Gasteiger partial charge in [0.2, 0.25) is 0 Å². The van der Waals surface area contributed by atoms with Crippen molar-refractivity contribution >= 4 is 21.6 Å². The van der Waals surface area contributed by atoms with Gasteiger partial charge in [0.15, 0.2) is 0 Å². The van der Waals surface area contributed by atoms with E-state index in [2.05, 4.69) is 15.1 Å². The fraction of sp³-hybridized carbons (Fsp3) is 0.120. The van der Waals surface area contributed by atoms with Gasteiger partial charge in [0.1, 0.15) is 5.82 Å². The number of carbonyl (C=O) groups is 1. The number of carbonyl (C=O) groups excluding carboxylic acids is 1. The SMILES string of the molecule is Cc1nn(-c2ccccc2)c(C)c1CNC(=O)c1ccc(S(=O)(=O)Nc2ccc(F)cc2)cc1. The largest absolute Gasteiger partial charge is 0.348 e. The van der Waals surface area contributed by atoms with Crippen LogP contribution in [0.1, 0.15) is 27.3 Å². The van der Waals surface area contributed by atoms with Crippen LogP contribution in [-0.4, -0.2) is 24.1 Å². The minimum Gasteiger partial charge on any atom is -0.348 e. The molecule has 1 aromatic heterocycles. The van der Waals surface area contributed by atoms with Gasteiger partial charge < -0.3 is 5.32 Å². The second-order valence-electron chi connectivity index (χ2n) is 7.72. The van der Waals surface area contributed by atoms with E-state index in [1.165, 1.54) is 36.4 Å². The maximum absolute atomic E-state index is 13.0. The first-order valence-electron chi connectivity index (χ1n) is 10.5. The van der Waals surface area contributed by atoms with Crippen molar-refractivity contribution < 1.29 is 17.6 Å². The van der Waals surface area contributed by atoms with E-state index in [1.807, 2.05) is 48.9 Å². The van der Waals surface area contributed by atoms with E-state index in [1.54, 1.807) is 0 Å². The number of nitrogens with zero attached hydrogens (tertiary/aromatic N) is 2. The molecule has 0 fully saturated rings. The summed E-state index contributed by atoms with van der Waals surface area (Å²) < 4.78 is 42.4. The Labute approximate surface area is 197 Å². The molecule has 2 N–H and O–H groups in total. The smallest absolute Gasteiger partial charge is 0.261 e. The standard InChI is InChI=1S/C25H23FN4O3S/c1-17-24(18(2)30(28-17)22-6-4-3-5-7-22)16-27-25(31)19-8-14-23(15-9-19)34(32,33)29-21-12-10-20(26)11-13-21/h3-15,29H,16H2,1-2H3,(H,27,31). The van der Waals surface area contributed by atoms with Gasteiger partial charge in [-0.1, -0.05) is 18.2 Å². The summed E-state index contributed by atoms with van der Waals surface area (Å²) in [5.74, 6) is -0.794. The predicted octanol–water partition coefficient (Wildman–Crippen LogP) is 4.36. The van der Waals surface area contributed by atoms with Crippen LogP contribution in [0.2, 0.25) is 0 Å². The van der Waals surface area contributed by atoms with Gasteiger partial charge in [-0.3, -0.25) is 9.52 Å². The number of anilines is 1. The summed E-state index contributed by atoms with van der Waals surface area (Å²) in [6.45, 7) is 4.12. The lowest BCUT2D eigenvalue weighted by molar-refractivity contribution is 0.0950. The van der Waals surface area contributed by atoms with Crippen LogP contribution < -0.4 is 10.0 Å². The molecule has 0 atom stereocenters. The molecule has 34 heavy (non-hydrogen) atoms. The molecule has 4 aromatic rings. The molecule has 0 aliphatic rings. The lowest BCUT2D eigenvalue weighted by Crippen LogP contribution is -2.23. The van der Waals surface area contributed by atoms with Gasteiger partial charge in [0.05, 0.1) is 16.3 Å². The highest BCUT2D eigenvalue weighted by atomic mass is 32.2. The van der Waals surface area contributed by atoms with E-state index in [4.69, 9.17) is 0 Å². The fourth-order valence-electron chi connectivity index (χ4n) is 3.54. The molecule has 0 saturated carbocycles. The molecule has 0 spiro atoms. The number of aromatic nitrogens is 2. The van der Waals surface area contributed by atoms with Gasteiger partial charge in [-0.2, -0.15) is 5.10 Å². The van der Waals surface area contributed by atoms with E-state index in [0.717, 1.165) is 34.8 Å². The van der Waals surface area contributed by atoms with Crippen LogP contribution in [-0.2, 0) is 16.6 Å². The lowest BCUT2D eigenvalue weighted by atomic mass is 10.1. The van der Waals surface area contributed by atoms with E-state index in [0.29, 0.717) is 5.56 Å². The molecule has 0 unspecified atom stereocenters. The molecular weight excluding hydrogens is 455 g/mol. The zero-order chi connectivity index (χ0) is 24.3. The number of halogens is 1. The number of hydrogen-bond acceptors (Lipinski definition) is 4. The second-order valence-corrected chi connectivity index (χ2v) is 9.40. The van der Waals surface area contributed by atoms with Gasteiger partial charge in [-0.05, 0) is 74.5 Å². The highest BCUT2D eigenvalue weighted by molar-refractivity contribution is 7.92. The summed E-state index contributed by atoms with van der Waals surface area (Å²) >= 11 is 0. The van der Waals surface area contributed by atoms with Crippen molar-refractivity contribution in [2.75, 3.05) is 4.72 Å². The van der Waals surface area contributed by atoms with E-state index < -0.39 is 15.8 Å². The Morgan fingerprint density at radius 1 is 0.941 bits per heavy atom. The first kappa shape index (κ1) is 23.2. The van der Waals surface area contributed by atoms with Crippen molar-refractivity contribution in [1.82, 2.24) is 15.1 Å². The van der Waals surface area contributed by atoms with E-state index in [-0.39, 0.29) is 23.0 Å². The van der Waals surface area contributed by atoms with Crippen molar-refractivity contribution in [1.29, 1.82) is 0 Å². The first-order valence-corrected chi connectivity index (χ1v) is 12.0. The van der Waals surface area contributed by atoms with E-state index in [9.17, 15) is 17.6 Å². The van der Waals surface area contributed by atoms with Crippen LogP contribution in [0.15, 0.2) is 83.8 Å². The van der Waals surface area contributed by atoms with E-state index >= 15 is 0 Å². The molecule has 0 saturated heterocycles. The number of amides is 1. The monoisotopic (exact) mass is 478 g/mol. The zero-order valence-corrected chi connectivity index (χ0v) is 19.4. The average Bonchev–Trinajstić information content (AvgIpc) is 3.12. The summed E-state index contributed by atoms with van der Waals surface area (Å²) in [6.07, 6.45) is 0. The molecule has 4 rings (SSSR count). The molecule has 9 heteroatoms. The van der Waals surface area contributed by atoms with Crippen LogP contribution in [0.25, 0.3) is 5.69 Å². The number of sulfonamides is 1. The summed E-state index contributed by atoms with van der Waals surface area (Å²) in [5.41, 5.74) is 4.16. The molecule has 0 bridgehead atoms. The number of benzene rings is 3. The van der Waals surface area contributed by atoms with Gasteiger partial charge in [-0.25, -0.2) is 17.5 Å². The maximum Gasteiger partial charge on any atom is 0.261 e. The Bertz CT molecular complexity index is 1420. The van der Waals surface area contributed by atoms with Crippen molar-refractivity contribution in [3.63, 3.8) is 0 Å². The molecule has 0 aliphatic heterocycles. The van der Waals surface area contributed by atoms with Gasteiger partial charge in [-0.15, -0.1) is 0 Å². The molecule has 174 valence electrons. The van der Waals surface area contributed by atoms with Crippen LogP contribution >= 0.6 is 0 Å². The average molecular weight is 479 g/mol. The molecule has 0 radical (unpaired) electrons. The maximum atomic E-state index is 13.0. The van der Waals surface area contributed by atoms with Crippen LogP contribution in [0.3, 0.4) is 0 Å². The van der Waals surface area contributed by atoms with Crippen LogP contribution in [0.4, 0.5) is 10.1 Å². The lowest BCUT2D eigenvalue weighted by Gasteiger charge is -2.10. The third kappa shape index (κ3) is 4.99. The number of rotatable bonds is 7. The number of para-hydroxylation sites is 1. The van der Waals surface area contributed by atoms with Crippen molar-refractivity contribution in [3.05, 3.63) is 107 Å². The Morgan fingerprint density at radius 3 is 2.24 bits per heavy atom. The minimum absolute atomic E-state index is 0.01000. The second kappa shape index (κ2) is 9.48.